The predicted octanol–water partition coefficient (Wildman–Crippen LogP) is -0.573. The van der Waals surface area contributed by atoms with E-state index < -0.39 is 0 Å². The molecule has 2 N–H and O–H groups in total. The predicted molar refractivity (Wildman–Crippen MR) is 53.0 cm³/mol. The van der Waals surface area contributed by atoms with Crippen molar-refractivity contribution in [1.82, 2.24) is 19.5 Å². The Morgan fingerprint density at radius 3 is 2.80 bits per heavy atom. The minimum absolute atomic E-state index is 0.0543. The van der Waals surface area contributed by atoms with Gasteiger partial charge in [0.1, 0.15) is 11.8 Å². The maximum absolute atomic E-state index is 8.97. The van der Waals surface area contributed by atoms with E-state index in [9.17, 15) is 0 Å². The molecular weight excluding hydrogens is 196 g/mol. The van der Waals surface area contributed by atoms with Crippen LogP contribution in [0.25, 0.3) is 11.2 Å². The van der Waals surface area contributed by atoms with Crippen LogP contribution in [-0.2, 0) is 6.54 Å². The number of fused-ring (bicyclic) bond motifs is 1. The van der Waals surface area contributed by atoms with Crippen molar-refractivity contribution in [3.63, 3.8) is 0 Å². The Morgan fingerprint density at radius 2 is 2.07 bits per heavy atom. The standard InChI is InChI=1S/C9H12N4O2/c14-3-7(4-15)2-13-6-12-8-1-10-5-11-9(8)13/h1,5-7,14-15H,2-4H2. The van der Waals surface area contributed by atoms with Crippen LogP contribution in [0.3, 0.4) is 0 Å². The molecule has 2 aromatic rings. The van der Waals surface area contributed by atoms with E-state index in [1.54, 1.807) is 17.1 Å². The zero-order chi connectivity index (χ0) is 10.7. The van der Waals surface area contributed by atoms with Crippen LogP contribution in [0, 0.1) is 5.92 Å². The molecule has 0 atom stereocenters. The Hall–Kier alpha value is -1.53. The fourth-order valence-corrected chi connectivity index (χ4v) is 1.40. The normalized spacial score (nSPS) is 11.4. The minimum atomic E-state index is -0.183. The van der Waals surface area contributed by atoms with Crippen molar-refractivity contribution < 1.29 is 10.2 Å². The first-order valence-corrected chi connectivity index (χ1v) is 4.67. The van der Waals surface area contributed by atoms with Crippen molar-refractivity contribution >= 4 is 11.2 Å². The number of nitrogens with zero attached hydrogens (tertiary/aromatic N) is 4. The summed E-state index contributed by atoms with van der Waals surface area (Å²) in [5.41, 5.74) is 1.43. The van der Waals surface area contributed by atoms with Gasteiger partial charge in [-0.1, -0.05) is 0 Å². The molecule has 0 aromatic carbocycles. The average Bonchev–Trinajstić information content (AvgIpc) is 2.69. The molecule has 0 bridgehead atoms. The average molecular weight is 208 g/mol. The van der Waals surface area contributed by atoms with Gasteiger partial charge < -0.3 is 14.8 Å². The number of hydrogen-bond donors (Lipinski definition) is 2. The summed E-state index contributed by atoms with van der Waals surface area (Å²) in [6.45, 7) is 0.392. The van der Waals surface area contributed by atoms with Gasteiger partial charge in [0.25, 0.3) is 0 Å². The highest BCUT2D eigenvalue weighted by Gasteiger charge is 2.10. The van der Waals surface area contributed by atoms with Gasteiger partial charge >= 0.3 is 0 Å². The smallest absolute Gasteiger partial charge is 0.163 e. The van der Waals surface area contributed by atoms with Crippen molar-refractivity contribution in [2.45, 2.75) is 6.54 Å². The van der Waals surface area contributed by atoms with E-state index >= 15 is 0 Å². The van der Waals surface area contributed by atoms with Gasteiger partial charge in [0.05, 0.1) is 12.5 Å². The molecule has 2 heterocycles. The molecule has 0 radical (unpaired) electrons. The fourth-order valence-electron chi connectivity index (χ4n) is 1.40. The Labute approximate surface area is 86.2 Å². The second-order valence-corrected chi connectivity index (χ2v) is 3.36. The first-order valence-electron chi connectivity index (χ1n) is 4.67. The molecule has 0 saturated carbocycles. The Kier molecular flexibility index (Phi) is 2.89. The number of aliphatic hydroxyl groups is 2. The van der Waals surface area contributed by atoms with Crippen LogP contribution < -0.4 is 0 Å². The quantitative estimate of drug-likeness (QED) is 0.702. The molecule has 2 aromatic heterocycles. The lowest BCUT2D eigenvalue weighted by atomic mass is 10.2. The van der Waals surface area contributed by atoms with Gasteiger partial charge in [-0.15, -0.1) is 0 Å². The Morgan fingerprint density at radius 1 is 1.27 bits per heavy atom. The summed E-state index contributed by atoms with van der Waals surface area (Å²) in [5.74, 6) is -0.183. The van der Waals surface area contributed by atoms with E-state index in [1.165, 1.54) is 6.33 Å². The van der Waals surface area contributed by atoms with Crippen molar-refractivity contribution in [3.05, 3.63) is 18.9 Å². The molecule has 0 aliphatic carbocycles. The zero-order valence-electron chi connectivity index (χ0n) is 8.11. The van der Waals surface area contributed by atoms with E-state index in [-0.39, 0.29) is 19.1 Å². The lowest BCUT2D eigenvalue weighted by molar-refractivity contribution is 0.138. The highest BCUT2D eigenvalue weighted by Crippen LogP contribution is 2.09. The summed E-state index contributed by atoms with van der Waals surface area (Å²) < 4.78 is 1.80. The molecule has 80 valence electrons. The summed E-state index contributed by atoms with van der Waals surface area (Å²) in [6.07, 6.45) is 4.72. The zero-order valence-corrected chi connectivity index (χ0v) is 8.11. The molecule has 0 spiro atoms. The third kappa shape index (κ3) is 1.95. The van der Waals surface area contributed by atoms with Crippen LogP contribution in [0.2, 0.25) is 0 Å². The molecule has 0 aliphatic rings. The van der Waals surface area contributed by atoms with Gasteiger partial charge in [-0.3, -0.25) is 0 Å². The monoisotopic (exact) mass is 208 g/mol. The van der Waals surface area contributed by atoms with E-state index in [1.807, 2.05) is 0 Å². The van der Waals surface area contributed by atoms with Crippen molar-refractivity contribution in [3.8, 4) is 0 Å². The SMILES string of the molecule is OCC(CO)Cn1cnc2cncnc21. The molecule has 2 rings (SSSR count). The van der Waals surface area contributed by atoms with Crippen LogP contribution in [0.15, 0.2) is 18.9 Å². The topological polar surface area (TPSA) is 84.1 Å². The van der Waals surface area contributed by atoms with Crippen LogP contribution in [-0.4, -0.2) is 42.9 Å². The summed E-state index contributed by atoms with van der Waals surface area (Å²) in [6, 6.07) is 0. The highest BCUT2D eigenvalue weighted by atomic mass is 16.3. The maximum atomic E-state index is 8.97. The van der Waals surface area contributed by atoms with Crippen LogP contribution in [0.4, 0.5) is 0 Å². The third-order valence-electron chi connectivity index (χ3n) is 2.25. The molecule has 6 heteroatoms. The third-order valence-corrected chi connectivity index (χ3v) is 2.25. The number of imidazole rings is 1. The molecule has 0 aliphatic heterocycles. The largest absolute Gasteiger partial charge is 0.396 e. The van der Waals surface area contributed by atoms with E-state index in [4.69, 9.17) is 10.2 Å². The lowest BCUT2D eigenvalue weighted by Gasteiger charge is -2.11. The number of aromatic nitrogens is 4. The molecule has 0 fully saturated rings. The van der Waals surface area contributed by atoms with Gasteiger partial charge in [0.2, 0.25) is 0 Å². The van der Waals surface area contributed by atoms with E-state index in [0.29, 0.717) is 12.1 Å². The van der Waals surface area contributed by atoms with E-state index in [2.05, 4.69) is 15.0 Å². The van der Waals surface area contributed by atoms with Gasteiger partial charge in [-0.25, -0.2) is 15.0 Å². The van der Waals surface area contributed by atoms with Crippen molar-refractivity contribution in [2.75, 3.05) is 13.2 Å². The summed E-state index contributed by atoms with van der Waals surface area (Å²) in [5, 5.41) is 17.9. The Bertz CT molecular complexity index is 438. The summed E-state index contributed by atoms with van der Waals surface area (Å²) in [4.78, 5) is 12.1. The lowest BCUT2D eigenvalue weighted by Crippen LogP contribution is -2.18. The van der Waals surface area contributed by atoms with Crippen molar-refractivity contribution in [2.24, 2.45) is 5.92 Å². The number of rotatable bonds is 4. The van der Waals surface area contributed by atoms with E-state index in [0.717, 1.165) is 5.65 Å². The molecule has 0 amide bonds. The summed E-state index contributed by atoms with van der Waals surface area (Å²) >= 11 is 0. The van der Waals surface area contributed by atoms with Gasteiger partial charge in [-0.05, 0) is 0 Å². The number of hydrogen-bond acceptors (Lipinski definition) is 5. The van der Waals surface area contributed by atoms with Crippen LogP contribution >= 0.6 is 0 Å². The van der Waals surface area contributed by atoms with Gasteiger partial charge in [0.15, 0.2) is 5.65 Å². The van der Waals surface area contributed by atoms with Crippen LogP contribution in [0.1, 0.15) is 0 Å². The summed E-state index contributed by atoms with van der Waals surface area (Å²) in [7, 11) is 0. The highest BCUT2D eigenvalue weighted by molar-refractivity contribution is 5.68. The molecule has 6 nitrogen and oxygen atoms in total. The second-order valence-electron chi connectivity index (χ2n) is 3.36. The van der Waals surface area contributed by atoms with Crippen LogP contribution in [0.5, 0.6) is 0 Å². The first-order chi connectivity index (χ1) is 7.35. The number of aliphatic hydroxyl groups excluding tert-OH is 2. The fraction of sp³-hybridized carbons (Fsp3) is 0.444. The molecule has 15 heavy (non-hydrogen) atoms. The first kappa shape index (κ1) is 10.0. The molecular formula is C9H12N4O2. The maximum Gasteiger partial charge on any atom is 0.163 e. The van der Waals surface area contributed by atoms with Gasteiger partial charge in [0, 0.05) is 25.7 Å². The van der Waals surface area contributed by atoms with Crippen molar-refractivity contribution in [1.29, 1.82) is 0 Å². The van der Waals surface area contributed by atoms with Gasteiger partial charge in [-0.2, -0.15) is 0 Å². The second kappa shape index (κ2) is 4.33. The molecule has 0 saturated heterocycles. The molecule has 0 unspecified atom stereocenters. The minimum Gasteiger partial charge on any atom is -0.396 e. The Balaban J connectivity index is 2.28.